The molecule has 0 radical (unpaired) electrons. The van der Waals surface area contributed by atoms with E-state index in [2.05, 4.69) is 28.1 Å². The summed E-state index contributed by atoms with van der Waals surface area (Å²) in [5.74, 6) is 1.66. The van der Waals surface area contributed by atoms with Gasteiger partial charge >= 0.3 is 6.01 Å². The minimum absolute atomic E-state index is 0.197. The van der Waals surface area contributed by atoms with Gasteiger partial charge in [0.05, 0.1) is 11.9 Å². The topological polar surface area (TPSA) is 100 Å². The summed E-state index contributed by atoms with van der Waals surface area (Å²) >= 11 is 0. The maximum absolute atomic E-state index is 6.13. The summed E-state index contributed by atoms with van der Waals surface area (Å²) in [5, 5.41) is 4.52. The Bertz CT molecular complexity index is 1250. The summed E-state index contributed by atoms with van der Waals surface area (Å²) in [6.07, 6.45) is 10.9. The molecule has 0 unspecified atom stereocenters. The molecule has 5 rings (SSSR count). The third kappa shape index (κ3) is 4.95. The van der Waals surface area contributed by atoms with Gasteiger partial charge in [0.25, 0.3) is 0 Å². The predicted molar refractivity (Wildman–Crippen MR) is 130 cm³/mol. The van der Waals surface area contributed by atoms with E-state index in [0.29, 0.717) is 31.2 Å². The molecule has 1 aliphatic rings. The van der Waals surface area contributed by atoms with Gasteiger partial charge in [-0.2, -0.15) is 4.98 Å². The van der Waals surface area contributed by atoms with Crippen LogP contribution in [0.25, 0.3) is 5.65 Å². The molecule has 4 aromatic rings. The van der Waals surface area contributed by atoms with Crippen LogP contribution in [-0.2, 0) is 6.42 Å². The Kier molecular flexibility index (Phi) is 6.56. The number of hydrogen-bond donors (Lipinski definition) is 1. The van der Waals surface area contributed by atoms with Crippen LogP contribution in [0.4, 0.5) is 5.82 Å². The Balaban J connectivity index is 1.28. The molecule has 0 saturated heterocycles. The molecule has 2 N–H and O–H groups in total. The fourth-order valence-electron chi connectivity index (χ4n) is 4.67. The predicted octanol–water partition coefficient (Wildman–Crippen LogP) is 4.51. The molecule has 0 spiro atoms. The summed E-state index contributed by atoms with van der Waals surface area (Å²) in [6.45, 7) is 2.84. The maximum atomic E-state index is 6.13. The number of imidazole rings is 1. The van der Waals surface area contributed by atoms with Gasteiger partial charge in [-0.3, -0.25) is 4.98 Å². The van der Waals surface area contributed by atoms with Crippen LogP contribution in [0.15, 0.2) is 48.8 Å². The van der Waals surface area contributed by atoms with Gasteiger partial charge in [0.1, 0.15) is 19.0 Å². The number of para-hydroxylation sites is 1. The Hall–Kier alpha value is -3.68. The highest BCUT2D eigenvalue weighted by atomic mass is 16.5. The molecule has 3 aromatic heterocycles. The van der Waals surface area contributed by atoms with E-state index in [1.165, 1.54) is 43.4 Å². The Morgan fingerprint density at radius 3 is 2.59 bits per heavy atom. The zero-order valence-corrected chi connectivity index (χ0v) is 19.5. The third-order valence-corrected chi connectivity index (χ3v) is 6.32. The smallest absolute Gasteiger partial charge is 0.336 e. The van der Waals surface area contributed by atoms with Crippen molar-refractivity contribution in [2.45, 2.75) is 51.4 Å². The van der Waals surface area contributed by atoms with E-state index in [4.69, 9.17) is 20.2 Å². The standard InChI is InChI=1S/C26H30N6O2/c1-18-14-19(16-28-23(18)20-8-4-2-5-9-20)15-21-17-29-25-24(27)30-26(31-32(21)25)34-13-12-33-22-10-6-3-7-11-22/h3,6-7,10-11,14,16-17,20H,2,4-5,8-9,12-13,15H2,1H3,(H2,27,30,31). The van der Waals surface area contributed by atoms with Crippen LogP contribution in [0.2, 0.25) is 0 Å². The molecular weight excluding hydrogens is 428 g/mol. The second kappa shape index (κ2) is 10.1. The molecule has 8 heteroatoms. The number of fused-ring (bicyclic) bond motifs is 1. The zero-order chi connectivity index (χ0) is 23.3. The second-order valence-corrected chi connectivity index (χ2v) is 8.83. The number of nitrogens with zero attached hydrogens (tertiary/aromatic N) is 5. The van der Waals surface area contributed by atoms with Crippen molar-refractivity contribution in [3.8, 4) is 11.8 Å². The largest absolute Gasteiger partial charge is 0.490 e. The van der Waals surface area contributed by atoms with Gasteiger partial charge in [-0.25, -0.2) is 9.50 Å². The SMILES string of the molecule is Cc1cc(Cc2cnc3c(N)nc(OCCOc4ccccc4)nn23)cnc1C1CCCCC1. The lowest BCUT2D eigenvalue weighted by Crippen LogP contribution is -2.13. The van der Waals surface area contributed by atoms with Crippen molar-refractivity contribution in [3.05, 3.63) is 71.3 Å². The summed E-state index contributed by atoms with van der Waals surface area (Å²) in [7, 11) is 0. The first kappa shape index (κ1) is 22.1. The number of anilines is 1. The third-order valence-electron chi connectivity index (χ3n) is 6.32. The van der Waals surface area contributed by atoms with Crippen molar-refractivity contribution >= 4 is 11.5 Å². The molecule has 0 aliphatic heterocycles. The van der Waals surface area contributed by atoms with Gasteiger partial charge in [-0.15, -0.1) is 5.10 Å². The quantitative estimate of drug-likeness (QED) is 0.388. The van der Waals surface area contributed by atoms with E-state index in [-0.39, 0.29) is 11.8 Å². The van der Waals surface area contributed by atoms with E-state index in [1.807, 2.05) is 36.5 Å². The molecule has 3 heterocycles. The van der Waals surface area contributed by atoms with Crippen LogP contribution < -0.4 is 15.2 Å². The molecule has 1 aliphatic carbocycles. The normalized spacial score (nSPS) is 14.4. The fourth-order valence-corrected chi connectivity index (χ4v) is 4.67. The van der Waals surface area contributed by atoms with Crippen molar-refractivity contribution in [3.63, 3.8) is 0 Å². The molecule has 0 bridgehead atoms. The summed E-state index contributed by atoms with van der Waals surface area (Å²) < 4.78 is 13.1. The van der Waals surface area contributed by atoms with Crippen LogP contribution >= 0.6 is 0 Å². The number of aromatic nitrogens is 5. The van der Waals surface area contributed by atoms with E-state index in [9.17, 15) is 0 Å². The van der Waals surface area contributed by atoms with Crippen molar-refractivity contribution in [2.75, 3.05) is 18.9 Å². The Morgan fingerprint density at radius 1 is 1.00 bits per heavy atom. The first-order valence-corrected chi connectivity index (χ1v) is 11.9. The summed E-state index contributed by atoms with van der Waals surface area (Å²) in [5.41, 5.74) is 11.2. The fraction of sp³-hybridized carbons (Fsp3) is 0.385. The summed E-state index contributed by atoms with van der Waals surface area (Å²) in [6, 6.07) is 12.0. The van der Waals surface area contributed by atoms with Crippen molar-refractivity contribution in [1.82, 2.24) is 24.6 Å². The first-order chi connectivity index (χ1) is 16.7. The van der Waals surface area contributed by atoms with Gasteiger partial charge in [-0.05, 0) is 43.0 Å². The molecule has 1 fully saturated rings. The monoisotopic (exact) mass is 458 g/mol. The van der Waals surface area contributed by atoms with Gasteiger partial charge < -0.3 is 15.2 Å². The van der Waals surface area contributed by atoms with Crippen LogP contribution in [0.1, 0.15) is 60.5 Å². The molecule has 1 aromatic carbocycles. The average Bonchev–Trinajstić information content (AvgIpc) is 3.26. The number of rotatable bonds is 8. The Morgan fingerprint density at radius 2 is 1.79 bits per heavy atom. The van der Waals surface area contributed by atoms with Crippen LogP contribution in [-0.4, -0.2) is 37.8 Å². The zero-order valence-electron chi connectivity index (χ0n) is 19.5. The van der Waals surface area contributed by atoms with Crippen LogP contribution in [0.3, 0.4) is 0 Å². The molecular formula is C26H30N6O2. The van der Waals surface area contributed by atoms with Gasteiger partial charge in [0.2, 0.25) is 0 Å². The lowest BCUT2D eigenvalue weighted by molar-refractivity contribution is 0.204. The number of benzene rings is 1. The minimum atomic E-state index is 0.197. The average molecular weight is 459 g/mol. The molecule has 8 nitrogen and oxygen atoms in total. The molecule has 34 heavy (non-hydrogen) atoms. The van der Waals surface area contributed by atoms with Crippen LogP contribution in [0, 0.1) is 6.92 Å². The maximum Gasteiger partial charge on any atom is 0.336 e. The Labute approximate surface area is 199 Å². The molecule has 0 amide bonds. The second-order valence-electron chi connectivity index (χ2n) is 8.83. The van der Waals surface area contributed by atoms with Gasteiger partial charge in [0, 0.05) is 24.2 Å². The highest BCUT2D eigenvalue weighted by Gasteiger charge is 2.19. The summed E-state index contributed by atoms with van der Waals surface area (Å²) in [4.78, 5) is 13.5. The number of aryl methyl sites for hydroxylation is 1. The van der Waals surface area contributed by atoms with Gasteiger partial charge in [-0.1, -0.05) is 43.5 Å². The molecule has 176 valence electrons. The van der Waals surface area contributed by atoms with Crippen molar-refractivity contribution < 1.29 is 9.47 Å². The van der Waals surface area contributed by atoms with Crippen molar-refractivity contribution in [1.29, 1.82) is 0 Å². The van der Waals surface area contributed by atoms with E-state index < -0.39 is 0 Å². The number of pyridine rings is 1. The van der Waals surface area contributed by atoms with Crippen molar-refractivity contribution in [2.24, 2.45) is 0 Å². The van der Waals surface area contributed by atoms with Gasteiger partial charge in [0.15, 0.2) is 11.5 Å². The first-order valence-electron chi connectivity index (χ1n) is 11.9. The number of nitrogen functional groups attached to an aromatic ring is 1. The molecule has 0 atom stereocenters. The lowest BCUT2D eigenvalue weighted by Gasteiger charge is -2.22. The van der Waals surface area contributed by atoms with E-state index in [0.717, 1.165) is 17.0 Å². The highest BCUT2D eigenvalue weighted by Crippen LogP contribution is 2.33. The number of ether oxygens (including phenoxy) is 2. The molecule has 1 saturated carbocycles. The minimum Gasteiger partial charge on any atom is -0.490 e. The van der Waals surface area contributed by atoms with Crippen LogP contribution in [0.5, 0.6) is 11.8 Å². The number of nitrogens with two attached hydrogens (primary N) is 1. The van der Waals surface area contributed by atoms with E-state index in [1.54, 1.807) is 10.7 Å². The van der Waals surface area contributed by atoms with E-state index >= 15 is 0 Å². The lowest BCUT2D eigenvalue weighted by atomic mass is 9.85. The number of hydrogen-bond acceptors (Lipinski definition) is 7. The highest BCUT2D eigenvalue weighted by molar-refractivity contribution is 5.59.